The number of aliphatic carboxylic acids is 1. The van der Waals surface area contributed by atoms with Crippen molar-refractivity contribution in [2.24, 2.45) is 5.92 Å². The third-order valence-corrected chi connectivity index (χ3v) is 6.29. The molecule has 34 heavy (non-hydrogen) atoms. The van der Waals surface area contributed by atoms with E-state index in [0.29, 0.717) is 17.9 Å². The van der Waals surface area contributed by atoms with Gasteiger partial charge in [0.2, 0.25) is 5.91 Å². The molecule has 4 rings (SSSR count). The van der Waals surface area contributed by atoms with E-state index in [0.717, 1.165) is 35.1 Å². The first-order valence-electron chi connectivity index (χ1n) is 11.9. The Morgan fingerprint density at radius 1 is 1.06 bits per heavy atom. The van der Waals surface area contributed by atoms with Gasteiger partial charge in [0.05, 0.1) is 18.0 Å². The average molecular weight is 458 g/mol. The summed E-state index contributed by atoms with van der Waals surface area (Å²) in [5.74, 6) is -0.707. The largest absolute Gasteiger partial charge is 0.484 e. The standard InChI is InChI=1S/C29H31NO4/c1-3-7-26(21-8-5-4-6-9-21)34-27-15-14-22(23-18-24(23)29(32)33)17-25(27)30-28(31)16-20-12-10-19(2)11-13-20/h4-6,8-15,17,23-24,26H,3,7,16,18H2,1-2H3,(H,30,31)(H,32,33)/t23-,24-,26?/m0/s1. The van der Waals surface area contributed by atoms with E-state index < -0.39 is 5.97 Å². The molecule has 0 bridgehead atoms. The number of anilines is 1. The highest BCUT2D eigenvalue weighted by atomic mass is 16.5. The van der Waals surface area contributed by atoms with Crippen molar-refractivity contribution in [2.75, 3.05) is 5.32 Å². The number of amides is 1. The number of hydrogen-bond acceptors (Lipinski definition) is 3. The zero-order valence-electron chi connectivity index (χ0n) is 19.7. The van der Waals surface area contributed by atoms with Gasteiger partial charge in [-0.25, -0.2) is 0 Å². The zero-order valence-corrected chi connectivity index (χ0v) is 19.7. The summed E-state index contributed by atoms with van der Waals surface area (Å²) in [5, 5.41) is 12.4. The van der Waals surface area contributed by atoms with Crippen molar-refractivity contribution in [3.8, 4) is 5.75 Å². The molecule has 3 atom stereocenters. The van der Waals surface area contributed by atoms with Gasteiger partial charge < -0.3 is 15.2 Å². The van der Waals surface area contributed by atoms with E-state index in [1.54, 1.807) is 0 Å². The van der Waals surface area contributed by atoms with Crippen LogP contribution in [0.2, 0.25) is 0 Å². The lowest BCUT2D eigenvalue weighted by Gasteiger charge is -2.22. The van der Waals surface area contributed by atoms with Crippen LogP contribution < -0.4 is 10.1 Å². The Balaban J connectivity index is 1.58. The van der Waals surface area contributed by atoms with Crippen LogP contribution in [0, 0.1) is 12.8 Å². The maximum absolute atomic E-state index is 12.9. The Bertz CT molecular complexity index is 1140. The second-order valence-electron chi connectivity index (χ2n) is 9.06. The Kier molecular flexibility index (Phi) is 7.31. The molecule has 1 aliphatic rings. The van der Waals surface area contributed by atoms with Crippen molar-refractivity contribution in [1.29, 1.82) is 0 Å². The van der Waals surface area contributed by atoms with E-state index in [9.17, 15) is 14.7 Å². The average Bonchev–Trinajstić information content (AvgIpc) is 3.63. The molecule has 2 N–H and O–H groups in total. The molecular formula is C29H31NO4. The maximum atomic E-state index is 12.9. The molecular weight excluding hydrogens is 426 g/mol. The van der Waals surface area contributed by atoms with E-state index in [4.69, 9.17) is 4.74 Å². The minimum absolute atomic E-state index is 0.0279. The van der Waals surface area contributed by atoms with Crippen molar-refractivity contribution in [3.63, 3.8) is 0 Å². The fraction of sp³-hybridized carbons (Fsp3) is 0.310. The molecule has 3 aromatic rings. The molecule has 1 amide bonds. The van der Waals surface area contributed by atoms with E-state index in [-0.39, 0.29) is 30.3 Å². The quantitative estimate of drug-likeness (QED) is 0.375. The number of benzene rings is 3. The minimum Gasteiger partial charge on any atom is -0.484 e. The number of carboxylic acids is 1. The molecule has 0 heterocycles. The fourth-order valence-electron chi connectivity index (χ4n) is 4.28. The molecule has 1 saturated carbocycles. The van der Waals surface area contributed by atoms with Crippen LogP contribution in [0.1, 0.15) is 60.5 Å². The van der Waals surface area contributed by atoms with Crippen LogP contribution in [0.5, 0.6) is 5.75 Å². The predicted octanol–water partition coefficient (Wildman–Crippen LogP) is 6.28. The second kappa shape index (κ2) is 10.6. The highest BCUT2D eigenvalue weighted by molar-refractivity contribution is 5.94. The van der Waals surface area contributed by atoms with E-state index in [1.165, 1.54) is 0 Å². The Labute approximate surface area is 200 Å². The number of ether oxygens (including phenoxy) is 1. The first kappa shape index (κ1) is 23.6. The van der Waals surface area contributed by atoms with E-state index in [2.05, 4.69) is 12.2 Å². The summed E-state index contributed by atoms with van der Waals surface area (Å²) in [6.45, 7) is 4.13. The van der Waals surface area contributed by atoms with Crippen LogP contribution in [-0.2, 0) is 16.0 Å². The lowest BCUT2D eigenvalue weighted by molar-refractivity contribution is -0.138. The Morgan fingerprint density at radius 3 is 2.44 bits per heavy atom. The van der Waals surface area contributed by atoms with Gasteiger partial charge in [-0.15, -0.1) is 0 Å². The molecule has 0 saturated heterocycles. The van der Waals surface area contributed by atoms with Gasteiger partial charge >= 0.3 is 5.97 Å². The fourth-order valence-corrected chi connectivity index (χ4v) is 4.28. The number of carbonyl (C=O) groups excluding carboxylic acids is 1. The molecule has 1 fully saturated rings. The summed E-state index contributed by atoms with van der Waals surface area (Å²) in [6, 6.07) is 23.6. The van der Waals surface area contributed by atoms with E-state index >= 15 is 0 Å². The normalized spacial score (nSPS) is 17.6. The molecule has 0 aliphatic heterocycles. The molecule has 5 nitrogen and oxygen atoms in total. The number of nitrogens with one attached hydrogen (secondary N) is 1. The molecule has 1 aliphatic carbocycles. The zero-order chi connectivity index (χ0) is 24.1. The molecule has 3 aromatic carbocycles. The molecule has 0 aromatic heterocycles. The van der Waals surface area contributed by atoms with Crippen molar-refractivity contribution < 1.29 is 19.4 Å². The molecule has 0 radical (unpaired) electrons. The first-order chi connectivity index (χ1) is 16.4. The summed E-state index contributed by atoms with van der Waals surface area (Å²) >= 11 is 0. The maximum Gasteiger partial charge on any atom is 0.307 e. The summed E-state index contributed by atoms with van der Waals surface area (Å²) in [6.07, 6.45) is 2.52. The van der Waals surface area contributed by atoms with Crippen molar-refractivity contribution in [1.82, 2.24) is 0 Å². The van der Waals surface area contributed by atoms with Crippen molar-refractivity contribution >= 4 is 17.6 Å². The highest BCUT2D eigenvalue weighted by Crippen LogP contribution is 2.49. The number of rotatable bonds is 10. The summed E-state index contributed by atoms with van der Waals surface area (Å²) in [4.78, 5) is 24.3. The summed E-state index contributed by atoms with van der Waals surface area (Å²) in [7, 11) is 0. The van der Waals surface area contributed by atoms with Gasteiger partial charge in [0, 0.05) is 0 Å². The van der Waals surface area contributed by atoms with Crippen LogP contribution in [0.4, 0.5) is 5.69 Å². The van der Waals surface area contributed by atoms with Gasteiger partial charge in [-0.1, -0.05) is 79.6 Å². The third-order valence-electron chi connectivity index (χ3n) is 6.29. The lowest BCUT2D eigenvalue weighted by Crippen LogP contribution is -2.16. The third kappa shape index (κ3) is 5.84. The van der Waals surface area contributed by atoms with Gasteiger partial charge in [0.15, 0.2) is 0 Å². The highest BCUT2D eigenvalue weighted by Gasteiger charge is 2.44. The van der Waals surface area contributed by atoms with Gasteiger partial charge in [-0.05, 0) is 54.5 Å². The van der Waals surface area contributed by atoms with Gasteiger partial charge in [-0.2, -0.15) is 0 Å². The number of carboxylic acid groups (broad SMARTS) is 1. The molecule has 5 heteroatoms. The van der Waals surface area contributed by atoms with Crippen LogP contribution >= 0.6 is 0 Å². The Hall–Kier alpha value is -3.60. The molecule has 1 unspecified atom stereocenters. The first-order valence-corrected chi connectivity index (χ1v) is 11.9. The predicted molar refractivity (Wildman–Crippen MR) is 133 cm³/mol. The monoisotopic (exact) mass is 457 g/mol. The summed E-state index contributed by atoms with van der Waals surface area (Å²) < 4.78 is 6.44. The molecule has 0 spiro atoms. The van der Waals surface area contributed by atoms with Crippen LogP contribution in [0.25, 0.3) is 0 Å². The Morgan fingerprint density at radius 2 is 1.79 bits per heavy atom. The van der Waals surface area contributed by atoms with Crippen LogP contribution in [0.3, 0.4) is 0 Å². The lowest BCUT2D eigenvalue weighted by atomic mass is 10.0. The number of aryl methyl sites for hydroxylation is 1. The van der Waals surface area contributed by atoms with Crippen molar-refractivity contribution in [2.45, 2.75) is 51.6 Å². The molecule has 176 valence electrons. The van der Waals surface area contributed by atoms with Gasteiger partial charge in [0.25, 0.3) is 0 Å². The summed E-state index contributed by atoms with van der Waals surface area (Å²) in [5.41, 5.74) is 4.66. The smallest absolute Gasteiger partial charge is 0.307 e. The number of carbonyl (C=O) groups is 2. The minimum atomic E-state index is -0.776. The number of hydrogen-bond donors (Lipinski definition) is 2. The SMILES string of the molecule is CCCC(Oc1ccc([C@@H]2C[C@@H]2C(=O)O)cc1NC(=O)Cc1ccc(C)cc1)c1ccccc1. The second-order valence-corrected chi connectivity index (χ2v) is 9.06. The van der Waals surface area contributed by atoms with Crippen LogP contribution in [-0.4, -0.2) is 17.0 Å². The topological polar surface area (TPSA) is 75.6 Å². The van der Waals surface area contributed by atoms with Crippen molar-refractivity contribution in [3.05, 3.63) is 95.1 Å². The van der Waals surface area contributed by atoms with Gasteiger partial charge in [0.1, 0.15) is 11.9 Å². The van der Waals surface area contributed by atoms with E-state index in [1.807, 2.05) is 79.7 Å². The van der Waals surface area contributed by atoms with Gasteiger partial charge in [-0.3, -0.25) is 9.59 Å². The van der Waals surface area contributed by atoms with Crippen LogP contribution in [0.15, 0.2) is 72.8 Å².